The smallest absolute Gasteiger partial charge is 0.475 e. The molecule has 36 nitrogen and oxygen atoms in total. The van der Waals surface area contributed by atoms with Crippen LogP contribution >= 0.6 is 15.6 Å². The Kier molecular flexibility index (Phi) is 19.4. The highest BCUT2D eigenvalue weighted by molar-refractivity contribution is 7.47. The molecule has 0 bridgehead atoms. The second-order valence-corrected chi connectivity index (χ2v) is 18.8. The van der Waals surface area contributed by atoms with Crippen molar-refractivity contribution in [2.75, 3.05) is 19.8 Å². The number of hydrogen-bond donors (Lipinski definition) is 20. The zero-order valence-electron chi connectivity index (χ0n) is 35.1. The number of carbonyl (C=O) groups is 3. The molecule has 5 rings (SSSR count). The average Bonchev–Trinajstić information content (AvgIpc) is 3.28. The molecule has 0 aromatic carbocycles. The number of rotatable bonds is 19. The number of carboxylic acid groups (broad SMARTS) is 3. The molecule has 0 aromatic rings. The Balaban J connectivity index is 1.53. The van der Waals surface area contributed by atoms with Crippen molar-refractivity contribution in [2.24, 2.45) is 0 Å². The van der Waals surface area contributed by atoms with Crippen LogP contribution in [0.4, 0.5) is 0 Å². The Morgan fingerprint density at radius 3 is 1.43 bits per heavy atom. The van der Waals surface area contributed by atoms with Crippen molar-refractivity contribution < 1.29 is 176 Å². The lowest BCUT2D eigenvalue weighted by Gasteiger charge is -2.50. The number of aliphatic hydroxyl groups is 15. The van der Waals surface area contributed by atoms with E-state index < -0.39 is 213 Å². The maximum atomic E-state index is 13.7. The lowest BCUT2D eigenvalue weighted by atomic mass is 9.92. The molecule has 0 saturated carbocycles. The number of ether oxygens (including phenoxy) is 7. The molecule has 2 unspecified atom stereocenters. The van der Waals surface area contributed by atoms with Gasteiger partial charge < -0.3 is 135 Å². The summed E-state index contributed by atoms with van der Waals surface area (Å²) in [5.41, 5.74) is 0. The number of aliphatic carboxylic acids is 3. The SMILES string of the molecule is O=C(O)[C@H]1O[C@H](OP(=O)(O)O[C@@H]2[C@H](O)[C@@H](O[C@H]3[C@@H]([C@H](O)CO)O[C@@](O)(C(=O)O)C[C@H]3OP(=O)(O)O[C@H]3O[C@H](C(=O)O)[C@H](O)[C@H](O)[C@H]3O)O[C@H](CO)[C@H]2O[C@@H]2O[C@H](CO)[C@@H](O)[C@H](O)[C@H]2O)[C@H](O)[C@@H](O)[C@H]1O. The second-order valence-electron chi connectivity index (χ2n) is 16.1. The van der Waals surface area contributed by atoms with Crippen LogP contribution in [0.2, 0.25) is 0 Å². The van der Waals surface area contributed by atoms with E-state index in [-0.39, 0.29) is 0 Å². The number of phosphoric acid groups is 2. The molecule has 20 N–H and O–H groups in total. The molecule has 406 valence electrons. The zero-order valence-corrected chi connectivity index (χ0v) is 36.8. The summed E-state index contributed by atoms with van der Waals surface area (Å²) in [6.07, 6.45) is -60.2. The molecule has 27 atom stereocenters. The molecule has 70 heavy (non-hydrogen) atoms. The van der Waals surface area contributed by atoms with Crippen molar-refractivity contribution in [1.29, 1.82) is 0 Å². The lowest BCUT2D eigenvalue weighted by Crippen LogP contribution is -2.67. The van der Waals surface area contributed by atoms with Crippen molar-refractivity contribution in [3.63, 3.8) is 0 Å². The predicted octanol–water partition coefficient (Wildman–Crippen LogP) is -11.7. The fourth-order valence-corrected chi connectivity index (χ4v) is 9.65. The van der Waals surface area contributed by atoms with Gasteiger partial charge in [-0.1, -0.05) is 0 Å². The molecule has 38 heteroatoms. The second kappa shape index (κ2) is 23.1. The van der Waals surface area contributed by atoms with E-state index in [0.717, 1.165) is 0 Å². The third-order valence-electron chi connectivity index (χ3n) is 11.2. The van der Waals surface area contributed by atoms with Gasteiger partial charge in [0.25, 0.3) is 5.79 Å². The topological polar surface area (TPSA) is 591 Å². The van der Waals surface area contributed by atoms with Gasteiger partial charge in [-0.05, 0) is 0 Å². The molecular weight excluding hydrogens is 1020 g/mol. The van der Waals surface area contributed by atoms with Crippen LogP contribution in [0.5, 0.6) is 0 Å². The fraction of sp³-hybridized carbons (Fsp3) is 0.906. The fourth-order valence-electron chi connectivity index (χ4n) is 7.58. The van der Waals surface area contributed by atoms with Gasteiger partial charge in [0.1, 0.15) is 110 Å². The molecule has 5 saturated heterocycles. The molecule has 5 aliphatic heterocycles. The van der Waals surface area contributed by atoms with Gasteiger partial charge in [-0.2, -0.15) is 0 Å². The average molecular weight is 1070 g/mol. The van der Waals surface area contributed by atoms with Crippen LogP contribution in [0.25, 0.3) is 0 Å². The molecule has 0 spiro atoms. The van der Waals surface area contributed by atoms with E-state index in [1.54, 1.807) is 0 Å². The highest BCUT2D eigenvalue weighted by Gasteiger charge is 2.61. The highest BCUT2D eigenvalue weighted by atomic mass is 31.2. The van der Waals surface area contributed by atoms with E-state index in [0.29, 0.717) is 0 Å². The summed E-state index contributed by atoms with van der Waals surface area (Å²) in [6.45, 7) is -3.95. The number of phosphoric ester groups is 2. The lowest BCUT2D eigenvalue weighted by molar-refractivity contribution is -0.378. The number of hydrogen-bond acceptors (Lipinski definition) is 31. The summed E-state index contributed by atoms with van der Waals surface area (Å²) in [6, 6.07) is 0. The Labute approximate surface area is 389 Å². The van der Waals surface area contributed by atoms with E-state index in [9.17, 15) is 125 Å². The van der Waals surface area contributed by atoms with Crippen LogP contribution in [0.15, 0.2) is 0 Å². The maximum Gasteiger partial charge on any atom is 0.475 e. The standard InChI is InChI=1S/C32H52O36P2/c33-2-5(36)19-20(6(1-32(53,64-19)31(51)52)65-69(54,55)67-29-16(44)11(39)13(41)23(62-29)25(47)48)60-28-18(46)22(66-70(56,57)68-30-17(45)12(40)14(42)24(63-30)26(49)50)21(8(4-35)59-28)61-27-15(43)10(38)9(37)7(3-34)58-27/h5-24,27-30,33-46,53H,1-4H2,(H,47,48)(H,49,50)(H,51,52)(H,54,55)(H,56,57)/t5-,6-,7-,8-,9-,10+,11+,12+,13-,14-,15-,16-,17-,18+,19-,20-,21-,22-,23+,24+,27+,28-,29-,30-,32-/m1/s1. The molecule has 5 heterocycles. The van der Waals surface area contributed by atoms with Crippen molar-refractivity contribution in [3.05, 3.63) is 0 Å². The minimum absolute atomic E-state index is 1.08. The zero-order chi connectivity index (χ0) is 52.7. The Hall–Kier alpha value is -2.25. The van der Waals surface area contributed by atoms with Crippen molar-refractivity contribution in [2.45, 2.75) is 159 Å². The maximum absolute atomic E-state index is 13.7. The molecular formula is C32H52O36P2. The molecule has 5 aliphatic rings. The van der Waals surface area contributed by atoms with E-state index in [4.69, 9.17) is 46.7 Å². The number of aliphatic hydroxyl groups excluding tert-OH is 14. The van der Waals surface area contributed by atoms with Crippen LogP contribution in [-0.2, 0) is 74.8 Å². The molecule has 0 radical (unpaired) electrons. The summed E-state index contributed by atoms with van der Waals surface area (Å²) >= 11 is 0. The van der Waals surface area contributed by atoms with E-state index >= 15 is 0 Å². The van der Waals surface area contributed by atoms with Gasteiger partial charge in [-0.15, -0.1) is 0 Å². The van der Waals surface area contributed by atoms with Crippen molar-refractivity contribution >= 4 is 33.6 Å². The van der Waals surface area contributed by atoms with Gasteiger partial charge >= 0.3 is 33.6 Å². The summed E-state index contributed by atoms with van der Waals surface area (Å²) in [4.78, 5) is 57.3. The summed E-state index contributed by atoms with van der Waals surface area (Å²) in [7, 11) is -12.3. The van der Waals surface area contributed by atoms with Gasteiger partial charge in [-0.3, -0.25) is 18.1 Å². The first kappa shape index (κ1) is 58.6. The first-order valence-electron chi connectivity index (χ1n) is 20.1. The largest absolute Gasteiger partial charge is 0.479 e. The van der Waals surface area contributed by atoms with Crippen LogP contribution in [0, 0.1) is 0 Å². The van der Waals surface area contributed by atoms with Gasteiger partial charge in [0.05, 0.1) is 19.8 Å². The number of carboxylic acids is 3. The van der Waals surface area contributed by atoms with E-state index in [1.807, 2.05) is 0 Å². The Bertz CT molecular complexity index is 1900. The minimum Gasteiger partial charge on any atom is -0.479 e. The third kappa shape index (κ3) is 12.6. The molecule has 5 fully saturated rings. The summed E-state index contributed by atoms with van der Waals surface area (Å²) < 4.78 is 83.6. The van der Waals surface area contributed by atoms with Crippen LogP contribution in [-0.4, -0.2) is 292 Å². The summed E-state index contributed by atoms with van der Waals surface area (Å²) in [5, 5.41) is 185. The minimum atomic E-state index is -6.15. The highest BCUT2D eigenvalue weighted by Crippen LogP contribution is 2.53. The monoisotopic (exact) mass is 1070 g/mol. The third-order valence-corrected chi connectivity index (χ3v) is 13.2. The first-order valence-corrected chi connectivity index (χ1v) is 23.1. The van der Waals surface area contributed by atoms with Gasteiger partial charge in [-0.25, -0.2) is 23.5 Å². The van der Waals surface area contributed by atoms with Gasteiger partial charge in [0, 0.05) is 6.42 Å². The van der Waals surface area contributed by atoms with Gasteiger partial charge in [0.15, 0.2) is 37.4 Å². The first-order chi connectivity index (χ1) is 32.4. The Morgan fingerprint density at radius 1 is 0.543 bits per heavy atom. The quantitative estimate of drug-likeness (QED) is 0.0534. The molecule has 0 aliphatic carbocycles. The van der Waals surface area contributed by atoms with Crippen LogP contribution in [0.1, 0.15) is 6.42 Å². The molecule has 0 amide bonds. The van der Waals surface area contributed by atoms with E-state index in [1.165, 1.54) is 0 Å². The van der Waals surface area contributed by atoms with Crippen molar-refractivity contribution in [3.8, 4) is 0 Å². The van der Waals surface area contributed by atoms with Crippen molar-refractivity contribution in [1.82, 2.24) is 0 Å². The summed E-state index contributed by atoms with van der Waals surface area (Å²) in [5.74, 6) is -9.94. The normalized spacial score (nSPS) is 47.1. The van der Waals surface area contributed by atoms with Gasteiger partial charge in [0.2, 0.25) is 0 Å². The Morgan fingerprint density at radius 2 is 0.971 bits per heavy atom. The molecule has 0 aromatic heterocycles. The van der Waals surface area contributed by atoms with Crippen LogP contribution in [0.3, 0.4) is 0 Å². The van der Waals surface area contributed by atoms with Crippen LogP contribution < -0.4 is 0 Å². The predicted molar refractivity (Wildman–Crippen MR) is 201 cm³/mol. The van der Waals surface area contributed by atoms with E-state index in [2.05, 4.69) is 4.52 Å².